The molecule has 1 heterocycles. The van der Waals surface area contributed by atoms with Gasteiger partial charge in [0.05, 0.1) is 20.6 Å². The van der Waals surface area contributed by atoms with Gasteiger partial charge in [-0.1, -0.05) is 12.1 Å². The first-order chi connectivity index (χ1) is 11.7. The zero-order valence-corrected chi connectivity index (χ0v) is 13.6. The van der Waals surface area contributed by atoms with Crippen LogP contribution < -0.4 is 24.3 Å². The molecule has 6 heteroatoms. The number of benzene rings is 2. The van der Waals surface area contributed by atoms with Gasteiger partial charge in [-0.25, -0.2) is 0 Å². The minimum atomic E-state index is -0.0695. The van der Waals surface area contributed by atoms with E-state index in [-0.39, 0.29) is 19.1 Å². The van der Waals surface area contributed by atoms with Crippen molar-refractivity contribution in [2.75, 3.05) is 21.0 Å². The van der Waals surface area contributed by atoms with Gasteiger partial charge < -0.3 is 24.3 Å². The van der Waals surface area contributed by atoms with E-state index in [2.05, 4.69) is 5.32 Å². The molecule has 1 aliphatic rings. The Kier molecular flexibility index (Phi) is 4.74. The fourth-order valence-corrected chi connectivity index (χ4v) is 2.49. The van der Waals surface area contributed by atoms with E-state index in [4.69, 9.17) is 18.9 Å². The Labute approximate surface area is 140 Å². The fraction of sp³-hybridized carbons (Fsp3) is 0.278. The number of ether oxygens (including phenoxy) is 4. The van der Waals surface area contributed by atoms with Gasteiger partial charge >= 0.3 is 0 Å². The average molecular weight is 329 g/mol. The summed E-state index contributed by atoms with van der Waals surface area (Å²) in [5.74, 6) is 2.62. The third kappa shape index (κ3) is 3.53. The first-order valence-electron chi connectivity index (χ1n) is 7.55. The molecule has 0 bridgehead atoms. The monoisotopic (exact) mass is 329 g/mol. The van der Waals surface area contributed by atoms with Gasteiger partial charge in [0.2, 0.25) is 12.7 Å². The van der Waals surface area contributed by atoms with Crippen LogP contribution in [0, 0.1) is 0 Å². The molecule has 0 spiro atoms. The van der Waals surface area contributed by atoms with Gasteiger partial charge in [0, 0.05) is 6.54 Å². The van der Waals surface area contributed by atoms with E-state index in [1.165, 1.54) is 0 Å². The SMILES string of the molecule is COc1ccc(CC(=O)NCc2ccc3c(c2)OCO3)cc1OC. The molecule has 2 aromatic carbocycles. The summed E-state index contributed by atoms with van der Waals surface area (Å²) < 4.78 is 21.0. The second kappa shape index (κ2) is 7.12. The van der Waals surface area contributed by atoms with Crippen molar-refractivity contribution in [3.8, 4) is 23.0 Å². The predicted octanol–water partition coefficient (Wildman–Crippen LogP) is 2.29. The van der Waals surface area contributed by atoms with Crippen molar-refractivity contribution in [2.24, 2.45) is 0 Å². The Bertz CT molecular complexity index is 744. The van der Waals surface area contributed by atoms with Crippen molar-refractivity contribution < 1.29 is 23.7 Å². The molecular weight excluding hydrogens is 310 g/mol. The van der Waals surface area contributed by atoms with Gasteiger partial charge in [-0.05, 0) is 35.4 Å². The van der Waals surface area contributed by atoms with Crippen LogP contribution in [0.4, 0.5) is 0 Å². The molecule has 3 rings (SSSR count). The van der Waals surface area contributed by atoms with E-state index in [0.29, 0.717) is 23.8 Å². The second-order valence-electron chi connectivity index (χ2n) is 5.33. The van der Waals surface area contributed by atoms with Gasteiger partial charge in [0.15, 0.2) is 23.0 Å². The quantitative estimate of drug-likeness (QED) is 0.881. The molecule has 0 aliphatic carbocycles. The maximum Gasteiger partial charge on any atom is 0.231 e. The zero-order chi connectivity index (χ0) is 16.9. The summed E-state index contributed by atoms with van der Waals surface area (Å²) in [6.45, 7) is 0.674. The van der Waals surface area contributed by atoms with Crippen LogP contribution in [0.5, 0.6) is 23.0 Å². The lowest BCUT2D eigenvalue weighted by Crippen LogP contribution is -2.24. The Hall–Kier alpha value is -2.89. The van der Waals surface area contributed by atoms with Gasteiger partial charge in [0.25, 0.3) is 0 Å². The predicted molar refractivity (Wildman–Crippen MR) is 87.7 cm³/mol. The average Bonchev–Trinajstić information content (AvgIpc) is 3.07. The number of nitrogens with one attached hydrogen (secondary N) is 1. The molecule has 6 nitrogen and oxygen atoms in total. The van der Waals surface area contributed by atoms with Crippen molar-refractivity contribution in [3.63, 3.8) is 0 Å². The van der Waals surface area contributed by atoms with Crippen LogP contribution >= 0.6 is 0 Å². The molecule has 0 fully saturated rings. The normalized spacial score (nSPS) is 11.9. The molecule has 24 heavy (non-hydrogen) atoms. The van der Waals surface area contributed by atoms with E-state index in [1.54, 1.807) is 26.4 Å². The lowest BCUT2D eigenvalue weighted by atomic mass is 10.1. The zero-order valence-electron chi connectivity index (χ0n) is 13.6. The highest BCUT2D eigenvalue weighted by molar-refractivity contribution is 5.78. The first kappa shape index (κ1) is 16.0. The maximum atomic E-state index is 12.1. The molecule has 1 amide bonds. The van der Waals surface area contributed by atoms with E-state index in [9.17, 15) is 4.79 Å². The summed E-state index contributed by atoms with van der Waals surface area (Å²) >= 11 is 0. The number of methoxy groups -OCH3 is 2. The van der Waals surface area contributed by atoms with Crippen LogP contribution in [-0.4, -0.2) is 26.9 Å². The molecule has 2 aromatic rings. The van der Waals surface area contributed by atoms with E-state index >= 15 is 0 Å². The summed E-state index contributed by atoms with van der Waals surface area (Å²) in [7, 11) is 3.15. The van der Waals surface area contributed by atoms with Crippen molar-refractivity contribution in [1.29, 1.82) is 0 Å². The number of fused-ring (bicyclic) bond motifs is 1. The number of hydrogen-bond donors (Lipinski definition) is 1. The Morgan fingerprint density at radius 3 is 2.54 bits per heavy atom. The van der Waals surface area contributed by atoms with Crippen molar-refractivity contribution in [2.45, 2.75) is 13.0 Å². The molecule has 0 saturated carbocycles. The van der Waals surface area contributed by atoms with E-state index in [1.807, 2.05) is 24.3 Å². The number of amides is 1. The fourth-order valence-electron chi connectivity index (χ4n) is 2.49. The Morgan fingerprint density at radius 1 is 1.00 bits per heavy atom. The molecule has 0 aromatic heterocycles. The number of carbonyl (C=O) groups excluding carboxylic acids is 1. The molecule has 1 aliphatic heterocycles. The van der Waals surface area contributed by atoms with Crippen LogP contribution in [-0.2, 0) is 17.8 Å². The highest BCUT2D eigenvalue weighted by Gasteiger charge is 2.13. The van der Waals surface area contributed by atoms with Crippen molar-refractivity contribution in [1.82, 2.24) is 5.32 Å². The summed E-state index contributed by atoms with van der Waals surface area (Å²) in [4.78, 5) is 12.1. The Morgan fingerprint density at radius 2 is 1.75 bits per heavy atom. The standard InChI is InChI=1S/C18H19NO5/c1-21-14-5-3-12(7-16(14)22-2)9-18(20)19-10-13-4-6-15-17(8-13)24-11-23-15/h3-8H,9-11H2,1-2H3,(H,19,20). The maximum absolute atomic E-state index is 12.1. The largest absolute Gasteiger partial charge is 0.493 e. The second-order valence-corrected chi connectivity index (χ2v) is 5.33. The highest BCUT2D eigenvalue weighted by atomic mass is 16.7. The lowest BCUT2D eigenvalue weighted by Gasteiger charge is -2.10. The molecule has 0 radical (unpaired) electrons. The summed E-state index contributed by atoms with van der Waals surface area (Å²) in [6, 6.07) is 11.1. The van der Waals surface area contributed by atoms with Crippen LogP contribution in [0.1, 0.15) is 11.1 Å². The number of hydrogen-bond acceptors (Lipinski definition) is 5. The Balaban J connectivity index is 1.58. The van der Waals surface area contributed by atoms with Crippen LogP contribution in [0.25, 0.3) is 0 Å². The number of carbonyl (C=O) groups is 1. The molecular formula is C18H19NO5. The van der Waals surface area contributed by atoms with Gasteiger partial charge in [-0.15, -0.1) is 0 Å². The third-order valence-electron chi connectivity index (χ3n) is 3.74. The molecule has 126 valence electrons. The van der Waals surface area contributed by atoms with E-state index in [0.717, 1.165) is 16.9 Å². The van der Waals surface area contributed by atoms with Crippen molar-refractivity contribution >= 4 is 5.91 Å². The van der Waals surface area contributed by atoms with Crippen LogP contribution in [0.15, 0.2) is 36.4 Å². The lowest BCUT2D eigenvalue weighted by molar-refractivity contribution is -0.120. The third-order valence-corrected chi connectivity index (χ3v) is 3.74. The summed E-state index contributed by atoms with van der Waals surface area (Å²) in [6.07, 6.45) is 0.269. The molecule has 0 unspecified atom stereocenters. The summed E-state index contributed by atoms with van der Waals surface area (Å²) in [5.41, 5.74) is 1.82. The topological polar surface area (TPSA) is 66.0 Å². The molecule has 0 saturated heterocycles. The smallest absolute Gasteiger partial charge is 0.231 e. The van der Waals surface area contributed by atoms with Gasteiger partial charge in [0.1, 0.15) is 0 Å². The minimum Gasteiger partial charge on any atom is -0.493 e. The summed E-state index contributed by atoms with van der Waals surface area (Å²) in [5, 5.41) is 2.90. The van der Waals surface area contributed by atoms with Crippen molar-refractivity contribution in [3.05, 3.63) is 47.5 Å². The van der Waals surface area contributed by atoms with Crippen LogP contribution in [0.2, 0.25) is 0 Å². The molecule has 0 atom stereocenters. The minimum absolute atomic E-state index is 0.0695. The molecule has 1 N–H and O–H groups in total. The number of rotatable bonds is 6. The first-order valence-corrected chi connectivity index (χ1v) is 7.55. The van der Waals surface area contributed by atoms with Gasteiger partial charge in [-0.2, -0.15) is 0 Å². The van der Waals surface area contributed by atoms with Gasteiger partial charge in [-0.3, -0.25) is 4.79 Å². The van der Waals surface area contributed by atoms with Crippen LogP contribution in [0.3, 0.4) is 0 Å². The van der Waals surface area contributed by atoms with E-state index < -0.39 is 0 Å². The highest BCUT2D eigenvalue weighted by Crippen LogP contribution is 2.32.